The van der Waals surface area contributed by atoms with Gasteiger partial charge in [-0.1, -0.05) is 24.9 Å². The Hall–Kier alpha value is -2.17. The molecule has 2 aliphatic heterocycles. The predicted molar refractivity (Wildman–Crippen MR) is 111 cm³/mol. The van der Waals surface area contributed by atoms with Crippen LogP contribution in [0.4, 0.5) is 4.79 Å². The molecule has 11 heteroatoms. The molecule has 1 aromatic heterocycles. The van der Waals surface area contributed by atoms with Crippen LogP contribution in [0.3, 0.4) is 0 Å². The summed E-state index contributed by atoms with van der Waals surface area (Å²) < 4.78 is 0.515. The molecule has 30 heavy (non-hydrogen) atoms. The van der Waals surface area contributed by atoms with E-state index in [1.165, 1.54) is 16.2 Å². The Morgan fingerprint density at radius 3 is 2.63 bits per heavy atom. The fourth-order valence-electron chi connectivity index (χ4n) is 4.45. The van der Waals surface area contributed by atoms with Crippen LogP contribution in [0.25, 0.3) is 0 Å². The van der Waals surface area contributed by atoms with E-state index in [2.05, 4.69) is 10.6 Å². The number of nitrogens with two attached hydrogens (primary N) is 1. The second-order valence-corrected chi connectivity index (χ2v) is 9.37. The van der Waals surface area contributed by atoms with Gasteiger partial charge in [-0.25, -0.2) is 4.79 Å². The minimum absolute atomic E-state index is 0.0556. The number of hydrogen-bond acceptors (Lipinski definition) is 6. The molecule has 9 nitrogen and oxygen atoms in total. The zero-order chi connectivity index (χ0) is 22.1. The van der Waals surface area contributed by atoms with Gasteiger partial charge in [0.15, 0.2) is 0 Å². The molecule has 0 bridgehead atoms. The SMILES string of the molecule is CCCCN1C(=O)C2C(c3ccc(Cl)s3)NC(CCCNC(N)=O)(C(=O)O)C2C1=O. The Morgan fingerprint density at radius 2 is 2.07 bits per heavy atom. The van der Waals surface area contributed by atoms with E-state index in [0.717, 1.165) is 6.42 Å². The van der Waals surface area contributed by atoms with E-state index in [9.17, 15) is 24.3 Å². The molecule has 2 fully saturated rings. The van der Waals surface area contributed by atoms with E-state index in [0.29, 0.717) is 15.6 Å². The standard InChI is InChI=1S/C19H25ClN4O5S/c1-2-3-9-24-15(25)12-13(16(24)26)19(17(27)28,7-4-8-22-18(21)29)23-14(12)10-5-6-11(20)30-10/h5-6,12-14,23H,2-4,7-9H2,1H3,(H,27,28)(H3,21,22,29). The summed E-state index contributed by atoms with van der Waals surface area (Å²) in [5.74, 6) is -3.84. The summed E-state index contributed by atoms with van der Waals surface area (Å²) in [4.78, 5) is 51.8. The third-order valence-corrected chi connectivity index (χ3v) is 7.12. The van der Waals surface area contributed by atoms with Gasteiger partial charge in [0.05, 0.1) is 22.2 Å². The number of carboxylic acids is 1. The number of carbonyl (C=O) groups is 4. The van der Waals surface area contributed by atoms with E-state index in [-0.39, 0.29) is 31.8 Å². The van der Waals surface area contributed by atoms with Crippen LogP contribution < -0.4 is 16.4 Å². The molecule has 0 radical (unpaired) electrons. The molecule has 2 saturated heterocycles. The maximum Gasteiger partial charge on any atom is 0.324 e. The van der Waals surface area contributed by atoms with Crippen LogP contribution >= 0.6 is 22.9 Å². The molecule has 0 spiro atoms. The number of carbonyl (C=O) groups excluding carboxylic acids is 3. The molecular weight excluding hydrogens is 432 g/mol. The number of thiophene rings is 1. The number of rotatable bonds is 9. The number of unbranched alkanes of at least 4 members (excludes halogenated alkanes) is 1. The van der Waals surface area contributed by atoms with Crippen LogP contribution in [0, 0.1) is 11.8 Å². The lowest BCUT2D eigenvalue weighted by Gasteiger charge is -2.31. The highest BCUT2D eigenvalue weighted by molar-refractivity contribution is 7.16. The monoisotopic (exact) mass is 456 g/mol. The van der Waals surface area contributed by atoms with Gasteiger partial charge in [0.25, 0.3) is 0 Å². The van der Waals surface area contributed by atoms with Gasteiger partial charge in [-0.05, 0) is 31.4 Å². The Morgan fingerprint density at radius 1 is 1.33 bits per heavy atom. The highest BCUT2D eigenvalue weighted by Gasteiger charge is 2.68. The zero-order valence-electron chi connectivity index (χ0n) is 16.5. The lowest BCUT2D eigenvalue weighted by atomic mass is 9.77. The maximum atomic E-state index is 13.2. The van der Waals surface area contributed by atoms with Crippen molar-refractivity contribution in [2.24, 2.45) is 17.6 Å². The minimum Gasteiger partial charge on any atom is -0.480 e. The smallest absolute Gasteiger partial charge is 0.324 e. The van der Waals surface area contributed by atoms with Crippen LogP contribution in [0.2, 0.25) is 4.34 Å². The number of primary amides is 1. The number of nitrogens with one attached hydrogen (secondary N) is 2. The molecule has 1 aromatic rings. The molecule has 164 valence electrons. The summed E-state index contributed by atoms with van der Waals surface area (Å²) in [6, 6.07) is 2.10. The van der Waals surface area contributed by atoms with Crippen molar-refractivity contribution < 1.29 is 24.3 Å². The number of carboxylic acid groups (broad SMARTS) is 1. The summed E-state index contributed by atoms with van der Waals surface area (Å²) in [7, 11) is 0. The number of fused-ring (bicyclic) bond motifs is 1. The molecule has 0 aliphatic carbocycles. The largest absolute Gasteiger partial charge is 0.480 e. The van der Waals surface area contributed by atoms with E-state index >= 15 is 0 Å². The van der Waals surface area contributed by atoms with Crippen molar-refractivity contribution >= 4 is 46.8 Å². The van der Waals surface area contributed by atoms with E-state index in [1.807, 2.05) is 6.92 Å². The number of aliphatic carboxylic acids is 1. The Balaban J connectivity index is 1.97. The Bertz CT molecular complexity index is 862. The molecule has 0 saturated carbocycles. The lowest BCUT2D eigenvalue weighted by Crippen LogP contribution is -2.56. The van der Waals surface area contributed by atoms with Crippen molar-refractivity contribution in [2.75, 3.05) is 13.1 Å². The van der Waals surface area contributed by atoms with Crippen LogP contribution in [-0.4, -0.2) is 52.4 Å². The van der Waals surface area contributed by atoms with Crippen LogP contribution in [-0.2, 0) is 14.4 Å². The van der Waals surface area contributed by atoms with Crippen LogP contribution in [0.15, 0.2) is 12.1 Å². The van der Waals surface area contributed by atoms with E-state index in [4.69, 9.17) is 17.3 Å². The van der Waals surface area contributed by atoms with Gasteiger partial charge in [0, 0.05) is 18.0 Å². The molecule has 4 amide bonds. The molecule has 3 rings (SSSR count). The highest BCUT2D eigenvalue weighted by Crippen LogP contribution is 2.51. The molecule has 4 atom stereocenters. The van der Waals surface area contributed by atoms with Gasteiger partial charge in [0.2, 0.25) is 11.8 Å². The van der Waals surface area contributed by atoms with Gasteiger partial charge in [-0.15, -0.1) is 11.3 Å². The predicted octanol–water partition coefficient (Wildman–Crippen LogP) is 1.72. The van der Waals surface area contributed by atoms with Crippen molar-refractivity contribution in [2.45, 2.75) is 44.2 Å². The summed E-state index contributed by atoms with van der Waals surface area (Å²) in [6.45, 7) is 2.40. The van der Waals surface area contributed by atoms with Crippen molar-refractivity contribution in [1.29, 1.82) is 0 Å². The number of nitrogens with zero attached hydrogens (tertiary/aromatic N) is 1. The third-order valence-electron chi connectivity index (χ3n) is 5.81. The van der Waals surface area contributed by atoms with Crippen LogP contribution in [0.1, 0.15) is 43.5 Å². The number of amides is 4. The molecule has 0 aromatic carbocycles. The minimum atomic E-state index is -1.63. The normalized spacial score (nSPS) is 28.1. The summed E-state index contributed by atoms with van der Waals surface area (Å²) in [5, 5.41) is 15.7. The molecule has 3 heterocycles. The van der Waals surface area contributed by atoms with Gasteiger partial charge in [-0.2, -0.15) is 0 Å². The molecule has 2 aliphatic rings. The highest BCUT2D eigenvalue weighted by atomic mass is 35.5. The second-order valence-electron chi connectivity index (χ2n) is 7.62. The van der Waals surface area contributed by atoms with Gasteiger partial charge < -0.3 is 16.2 Å². The maximum absolute atomic E-state index is 13.2. The number of hydrogen-bond donors (Lipinski definition) is 4. The first-order chi connectivity index (χ1) is 14.2. The first-order valence-corrected chi connectivity index (χ1v) is 11.1. The first-order valence-electron chi connectivity index (χ1n) is 9.87. The second kappa shape index (κ2) is 8.91. The van der Waals surface area contributed by atoms with Crippen LogP contribution in [0.5, 0.6) is 0 Å². The molecule has 5 N–H and O–H groups in total. The first kappa shape index (κ1) is 22.5. The summed E-state index contributed by atoms with van der Waals surface area (Å²) >= 11 is 7.33. The molecular formula is C19H25ClN4O5S. The average molecular weight is 457 g/mol. The van der Waals surface area contributed by atoms with E-state index in [1.54, 1.807) is 12.1 Å². The van der Waals surface area contributed by atoms with Crippen molar-refractivity contribution in [3.8, 4) is 0 Å². The average Bonchev–Trinajstić information content (AvgIpc) is 3.33. The number of halogens is 1. The van der Waals surface area contributed by atoms with Gasteiger partial charge in [0.1, 0.15) is 5.54 Å². The lowest BCUT2D eigenvalue weighted by molar-refractivity contribution is -0.151. The number of likely N-dealkylation sites (tertiary alicyclic amines) is 1. The molecule has 4 unspecified atom stereocenters. The third kappa shape index (κ3) is 3.91. The fourth-order valence-corrected chi connectivity index (χ4v) is 5.61. The number of imide groups is 1. The Kier molecular flexibility index (Phi) is 6.68. The topological polar surface area (TPSA) is 142 Å². The van der Waals surface area contributed by atoms with Gasteiger partial charge in [-0.3, -0.25) is 24.6 Å². The fraction of sp³-hybridized carbons (Fsp3) is 0.579. The van der Waals surface area contributed by atoms with Gasteiger partial charge >= 0.3 is 12.0 Å². The van der Waals surface area contributed by atoms with Crippen molar-refractivity contribution in [3.05, 3.63) is 21.3 Å². The van der Waals surface area contributed by atoms with Crippen molar-refractivity contribution in [1.82, 2.24) is 15.5 Å². The van der Waals surface area contributed by atoms with Crippen molar-refractivity contribution in [3.63, 3.8) is 0 Å². The van der Waals surface area contributed by atoms with E-state index < -0.39 is 41.3 Å². The number of urea groups is 1. The summed E-state index contributed by atoms with van der Waals surface area (Å²) in [6.07, 6.45) is 1.79. The summed E-state index contributed by atoms with van der Waals surface area (Å²) in [5.41, 5.74) is 3.45. The Labute approximate surface area is 182 Å². The zero-order valence-corrected chi connectivity index (χ0v) is 18.1. The quantitative estimate of drug-likeness (QED) is 0.329.